The van der Waals surface area contributed by atoms with Gasteiger partial charge in [0.05, 0.1) is 5.52 Å². The van der Waals surface area contributed by atoms with Gasteiger partial charge in [0.2, 0.25) is 0 Å². The van der Waals surface area contributed by atoms with E-state index in [1.807, 2.05) is 30.3 Å². The average molecular weight is 180 g/mol. The Labute approximate surface area is 77.0 Å². The Morgan fingerprint density at radius 2 is 2.00 bits per heavy atom. The van der Waals surface area contributed by atoms with Gasteiger partial charge in [-0.3, -0.25) is 4.98 Å². The van der Waals surface area contributed by atoms with E-state index in [9.17, 15) is 0 Å². The molecule has 1 nitrogen and oxygen atoms in total. The van der Waals surface area contributed by atoms with Crippen LogP contribution >= 0.6 is 11.6 Å². The third kappa shape index (κ3) is 1.56. The van der Waals surface area contributed by atoms with E-state index in [-0.39, 0.29) is 7.43 Å². The Morgan fingerprint density at radius 3 is 2.83 bits per heavy atom. The van der Waals surface area contributed by atoms with Crippen molar-refractivity contribution in [2.24, 2.45) is 0 Å². The van der Waals surface area contributed by atoms with Gasteiger partial charge in [-0.2, -0.15) is 0 Å². The minimum atomic E-state index is 0. The predicted octanol–water partition coefficient (Wildman–Crippen LogP) is 3.52. The molecule has 1 heterocycles. The standard InChI is InChI=1S/C9H6ClN.CH4/c10-8-4-3-7-2-1-5-11-9(7)6-8;/h1-6H;1H4. The first-order valence-corrected chi connectivity index (χ1v) is 3.74. The molecule has 0 unspecified atom stereocenters. The van der Waals surface area contributed by atoms with Crippen LogP contribution in [0.5, 0.6) is 0 Å². The van der Waals surface area contributed by atoms with Crippen LogP contribution in [0, 0.1) is 0 Å². The second-order valence-electron chi connectivity index (χ2n) is 2.34. The number of fused-ring (bicyclic) bond motifs is 1. The first-order chi connectivity index (χ1) is 5.36. The van der Waals surface area contributed by atoms with E-state index >= 15 is 0 Å². The Kier molecular flexibility index (Phi) is 2.66. The van der Waals surface area contributed by atoms with Gasteiger partial charge in [0, 0.05) is 16.6 Å². The summed E-state index contributed by atoms with van der Waals surface area (Å²) in [6.45, 7) is 0. The van der Waals surface area contributed by atoms with Crippen molar-refractivity contribution >= 4 is 22.5 Å². The van der Waals surface area contributed by atoms with Crippen LogP contribution in [0.25, 0.3) is 10.9 Å². The van der Waals surface area contributed by atoms with Crippen molar-refractivity contribution in [1.82, 2.24) is 4.98 Å². The summed E-state index contributed by atoms with van der Waals surface area (Å²) in [6, 6.07) is 9.61. The topological polar surface area (TPSA) is 12.9 Å². The summed E-state index contributed by atoms with van der Waals surface area (Å²) in [5.74, 6) is 0. The molecule has 0 fully saturated rings. The van der Waals surface area contributed by atoms with Gasteiger partial charge < -0.3 is 0 Å². The fraction of sp³-hybridized carbons (Fsp3) is 0.100. The first-order valence-electron chi connectivity index (χ1n) is 3.36. The van der Waals surface area contributed by atoms with Crippen molar-refractivity contribution in [3.63, 3.8) is 0 Å². The second-order valence-corrected chi connectivity index (χ2v) is 2.78. The highest BCUT2D eigenvalue weighted by atomic mass is 35.5. The van der Waals surface area contributed by atoms with Crippen molar-refractivity contribution < 1.29 is 0 Å². The van der Waals surface area contributed by atoms with Crippen molar-refractivity contribution in [3.05, 3.63) is 41.6 Å². The number of pyridine rings is 1. The van der Waals surface area contributed by atoms with E-state index in [2.05, 4.69) is 4.98 Å². The van der Waals surface area contributed by atoms with E-state index < -0.39 is 0 Å². The molecule has 0 atom stereocenters. The van der Waals surface area contributed by atoms with Crippen LogP contribution in [0.2, 0.25) is 5.02 Å². The second kappa shape index (κ2) is 3.55. The largest absolute Gasteiger partial charge is 0.256 e. The number of nitrogens with zero attached hydrogens (tertiary/aromatic N) is 1. The number of halogens is 1. The molecule has 0 amide bonds. The first kappa shape index (κ1) is 9.01. The molecule has 0 aliphatic heterocycles. The molecule has 1 aromatic heterocycles. The van der Waals surface area contributed by atoms with Crippen molar-refractivity contribution in [1.29, 1.82) is 0 Å². The van der Waals surface area contributed by atoms with E-state index in [1.54, 1.807) is 6.20 Å². The third-order valence-corrected chi connectivity index (χ3v) is 1.80. The van der Waals surface area contributed by atoms with Crippen LogP contribution in [0.4, 0.5) is 0 Å². The fourth-order valence-electron chi connectivity index (χ4n) is 1.04. The van der Waals surface area contributed by atoms with E-state index in [4.69, 9.17) is 11.6 Å². The molecule has 12 heavy (non-hydrogen) atoms. The van der Waals surface area contributed by atoms with Gasteiger partial charge in [0.1, 0.15) is 0 Å². The molecule has 0 spiro atoms. The molecule has 0 saturated heterocycles. The molecule has 0 aliphatic carbocycles. The maximum atomic E-state index is 5.78. The van der Waals surface area contributed by atoms with Crippen LogP contribution in [-0.2, 0) is 0 Å². The third-order valence-electron chi connectivity index (χ3n) is 1.57. The smallest absolute Gasteiger partial charge is 0.0716 e. The summed E-state index contributed by atoms with van der Waals surface area (Å²) in [4.78, 5) is 4.16. The number of benzene rings is 1. The molecule has 62 valence electrons. The summed E-state index contributed by atoms with van der Waals surface area (Å²) < 4.78 is 0. The molecule has 2 rings (SSSR count). The zero-order valence-corrected chi connectivity index (χ0v) is 6.55. The van der Waals surface area contributed by atoms with Gasteiger partial charge in [0.25, 0.3) is 0 Å². The molecule has 0 radical (unpaired) electrons. The molecule has 2 heteroatoms. The van der Waals surface area contributed by atoms with Gasteiger partial charge in [-0.25, -0.2) is 0 Å². The lowest BCUT2D eigenvalue weighted by Gasteiger charge is -1.94. The van der Waals surface area contributed by atoms with E-state index in [1.165, 1.54) is 0 Å². The van der Waals surface area contributed by atoms with Crippen LogP contribution < -0.4 is 0 Å². The van der Waals surface area contributed by atoms with E-state index in [0.29, 0.717) is 0 Å². The zero-order valence-electron chi connectivity index (χ0n) is 5.79. The van der Waals surface area contributed by atoms with Crippen molar-refractivity contribution in [3.8, 4) is 0 Å². The van der Waals surface area contributed by atoms with Gasteiger partial charge in [-0.1, -0.05) is 31.2 Å². The molecule has 1 aromatic carbocycles. The highest BCUT2D eigenvalue weighted by Gasteiger charge is 1.92. The lowest BCUT2D eigenvalue weighted by atomic mass is 10.2. The number of rotatable bonds is 0. The number of hydrogen-bond donors (Lipinski definition) is 0. The summed E-state index contributed by atoms with van der Waals surface area (Å²) >= 11 is 5.78. The maximum Gasteiger partial charge on any atom is 0.0716 e. The van der Waals surface area contributed by atoms with Crippen molar-refractivity contribution in [2.75, 3.05) is 0 Å². The molecule has 0 N–H and O–H groups in total. The number of hydrogen-bond acceptors (Lipinski definition) is 1. The molecule has 0 bridgehead atoms. The Balaban J connectivity index is 0.000000720. The Morgan fingerprint density at radius 1 is 1.17 bits per heavy atom. The van der Waals surface area contributed by atoms with Crippen LogP contribution in [0.1, 0.15) is 7.43 Å². The Hall–Kier alpha value is -1.08. The lowest BCUT2D eigenvalue weighted by Crippen LogP contribution is -1.75. The summed E-state index contributed by atoms with van der Waals surface area (Å²) in [5.41, 5.74) is 0.944. The van der Waals surface area contributed by atoms with Crippen LogP contribution in [-0.4, -0.2) is 4.98 Å². The van der Waals surface area contributed by atoms with E-state index in [0.717, 1.165) is 15.9 Å². The molecular weight excluding hydrogens is 170 g/mol. The molecule has 2 aromatic rings. The number of aromatic nitrogens is 1. The Bertz CT molecular complexity index is 384. The summed E-state index contributed by atoms with van der Waals surface area (Å²) in [7, 11) is 0. The van der Waals surface area contributed by atoms with Crippen LogP contribution in [0.3, 0.4) is 0 Å². The summed E-state index contributed by atoms with van der Waals surface area (Å²) in [5, 5.41) is 1.85. The van der Waals surface area contributed by atoms with Gasteiger partial charge in [-0.05, 0) is 18.2 Å². The maximum absolute atomic E-state index is 5.78. The molecule has 0 saturated carbocycles. The van der Waals surface area contributed by atoms with Gasteiger partial charge in [-0.15, -0.1) is 0 Å². The monoisotopic (exact) mass is 179 g/mol. The summed E-state index contributed by atoms with van der Waals surface area (Å²) in [6.07, 6.45) is 1.76. The minimum Gasteiger partial charge on any atom is -0.256 e. The molecular formula is C10H10ClN. The molecule has 0 aliphatic rings. The van der Waals surface area contributed by atoms with Gasteiger partial charge >= 0.3 is 0 Å². The zero-order chi connectivity index (χ0) is 7.68. The van der Waals surface area contributed by atoms with Gasteiger partial charge in [0.15, 0.2) is 0 Å². The van der Waals surface area contributed by atoms with Crippen LogP contribution in [0.15, 0.2) is 36.5 Å². The predicted molar refractivity (Wildman–Crippen MR) is 53.5 cm³/mol. The highest BCUT2D eigenvalue weighted by Crippen LogP contribution is 2.16. The van der Waals surface area contributed by atoms with Crippen molar-refractivity contribution in [2.45, 2.75) is 7.43 Å². The SMILES string of the molecule is C.Clc1ccc2cccnc2c1. The quantitative estimate of drug-likeness (QED) is 0.603. The highest BCUT2D eigenvalue weighted by molar-refractivity contribution is 6.31. The normalized spacial score (nSPS) is 9.42. The minimum absolute atomic E-state index is 0. The lowest BCUT2D eigenvalue weighted by molar-refractivity contribution is 1.41. The average Bonchev–Trinajstić information content (AvgIpc) is 2.04. The fourth-order valence-corrected chi connectivity index (χ4v) is 1.21.